The number of nitrogens with one attached hydrogen (secondary N) is 1. The maximum absolute atomic E-state index is 12.5. The maximum Gasteiger partial charge on any atom is 0.265 e. The van der Waals surface area contributed by atoms with E-state index in [0.29, 0.717) is 17.1 Å². The van der Waals surface area contributed by atoms with Gasteiger partial charge in [-0.25, -0.2) is 8.42 Å². The molecule has 0 unspecified atom stereocenters. The smallest absolute Gasteiger partial charge is 0.265 e. The van der Waals surface area contributed by atoms with Crippen LogP contribution in [0.25, 0.3) is 0 Å². The Morgan fingerprint density at radius 1 is 1.35 bits per heavy atom. The van der Waals surface area contributed by atoms with Gasteiger partial charge in [0.25, 0.3) is 10.0 Å². The van der Waals surface area contributed by atoms with Gasteiger partial charge >= 0.3 is 0 Å². The Hall–Kier alpha value is -1.99. The number of aromatic amines is 1. The molecule has 0 atom stereocenters. The van der Waals surface area contributed by atoms with Gasteiger partial charge in [-0.2, -0.15) is 0 Å². The molecule has 0 aliphatic carbocycles. The fourth-order valence-corrected chi connectivity index (χ4v) is 3.00. The minimum absolute atomic E-state index is 0.184. The molecular formula is C13H17N3O3S. The van der Waals surface area contributed by atoms with Gasteiger partial charge in [0.2, 0.25) is 0 Å². The molecule has 20 heavy (non-hydrogen) atoms. The zero-order chi connectivity index (χ0) is 14.8. The first-order valence-electron chi connectivity index (χ1n) is 5.99. The summed E-state index contributed by atoms with van der Waals surface area (Å²) in [7, 11) is -0.581. The summed E-state index contributed by atoms with van der Waals surface area (Å²) in [6.07, 6.45) is 1.44. The predicted molar refractivity (Wildman–Crippen MR) is 77.3 cm³/mol. The quantitative estimate of drug-likeness (QED) is 0.870. The molecular weight excluding hydrogens is 278 g/mol. The fourth-order valence-electron chi connectivity index (χ4n) is 1.79. The number of rotatable bonds is 5. The summed E-state index contributed by atoms with van der Waals surface area (Å²) < 4.78 is 31.3. The second-order valence-electron chi connectivity index (χ2n) is 4.24. The molecule has 0 spiro atoms. The lowest BCUT2D eigenvalue weighted by Gasteiger charge is -2.19. The van der Waals surface area contributed by atoms with Crippen molar-refractivity contribution >= 4 is 15.7 Å². The average molecular weight is 295 g/mol. The van der Waals surface area contributed by atoms with Crippen LogP contribution in [0.15, 0.2) is 41.4 Å². The highest BCUT2D eigenvalue weighted by molar-refractivity contribution is 7.92. The van der Waals surface area contributed by atoms with Gasteiger partial charge in [-0.15, -0.1) is 0 Å². The number of H-pyrrole nitrogens is 1. The number of ether oxygens (including phenoxy) is 1. The van der Waals surface area contributed by atoms with E-state index in [2.05, 4.69) is 4.98 Å². The molecule has 0 saturated heterocycles. The fraction of sp³-hybridized carbons (Fsp3) is 0.231. The number of nitrogens with two attached hydrogens (primary N) is 1. The van der Waals surface area contributed by atoms with Crippen molar-refractivity contribution in [1.82, 2.24) is 4.98 Å². The van der Waals surface area contributed by atoms with Gasteiger partial charge in [-0.1, -0.05) is 6.07 Å². The van der Waals surface area contributed by atoms with E-state index in [0.717, 1.165) is 0 Å². The number of nitrogens with zero attached hydrogens (tertiary/aromatic N) is 1. The summed E-state index contributed by atoms with van der Waals surface area (Å²) in [4.78, 5) is 3.02. The van der Waals surface area contributed by atoms with Crippen molar-refractivity contribution in [1.29, 1.82) is 0 Å². The van der Waals surface area contributed by atoms with Crippen molar-refractivity contribution in [3.8, 4) is 5.75 Å². The van der Waals surface area contributed by atoms with E-state index >= 15 is 0 Å². The van der Waals surface area contributed by atoms with Gasteiger partial charge in [0.15, 0.2) is 0 Å². The minimum atomic E-state index is -3.62. The Morgan fingerprint density at radius 2 is 2.10 bits per heavy atom. The Bertz CT molecular complexity index is 694. The van der Waals surface area contributed by atoms with E-state index in [1.54, 1.807) is 24.3 Å². The summed E-state index contributed by atoms with van der Waals surface area (Å²) >= 11 is 0. The van der Waals surface area contributed by atoms with Crippen molar-refractivity contribution in [3.05, 3.63) is 42.2 Å². The van der Waals surface area contributed by atoms with Gasteiger partial charge in [0.1, 0.15) is 10.6 Å². The topological polar surface area (TPSA) is 88.4 Å². The number of aromatic nitrogens is 1. The Morgan fingerprint density at radius 3 is 2.70 bits per heavy atom. The lowest BCUT2D eigenvalue weighted by atomic mass is 10.3. The first-order chi connectivity index (χ1) is 9.48. The average Bonchev–Trinajstić information content (AvgIpc) is 2.96. The Balaban J connectivity index is 2.37. The van der Waals surface area contributed by atoms with Crippen LogP contribution >= 0.6 is 0 Å². The molecule has 0 saturated carbocycles. The van der Waals surface area contributed by atoms with Crippen LogP contribution in [0.2, 0.25) is 0 Å². The second kappa shape index (κ2) is 5.56. The summed E-state index contributed by atoms with van der Waals surface area (Å²) in [5, 5.41) is 0. The molecule has 1 aromatic heterocycles. The van der Waals surface area contributed by atoms with Crippen LogP contribution in [-0.2, 0) is 16.6 Å². The van der Waals surface area contributed by atoms with Crippen molar-refractivity contribution in [2.45, 2.75) is 11.4 Å². The lowest BCUT2D eigenvalue weighted by Crippen LogP contribution is -2.26. The molecule has 2 aromatic rings. The normalized spacial score (nSPS) is 11.3. The van der Waals surface area contributed by atoms with Crippen LogP contribution in [0.5, 0.6) is 5.75 Å². The van der Waals surface area contributed by atoms with Crippen LogP contribution < -0.4 is 14.8 Å². The highest BCUT2D eigenvalue weighted by Crippen LogP contribution is 2.25. The third kappa shape index (κ3) is 2.63. The van der Waals surface area contributed by atoms with Gasteiger partial charge in [-0.3, -0.25) is 4.31 Å². The largest absolute Gasteiger partial charge is 0.497 e. The number of anilines is 1. The van der Waals surface area contributed by atoms with Crippen LogP contribution in [0.1, 0.15) is 5.69 Å². The minimum Gasteiger partial charge on any atom is -0.497 e. The molecule has 6 nitrogen and oxygen atoms in total. The second-order valence-corrected chi connectivity index (χ2v) is 6.21. The number of hydrogen-bond acceptors (Lipinski definition) is 4. The molecule has 0 fully saturated rings. The summed E-state index contributed by atoms with van der Waals surface area (Å²) in [5.74, 6) is 0.598. The van der Waals surface area contributed by atoms with E-state index in [1.165, 1.54) is 30.7 Å². The molecule has 0 aliphatic heterocycles. The number of methoxy groups -OCH3 is 1. The van der Waals surface area contributed by atoms with Crippen molar-refractivity contribution in [2.24, 2.45) is 5.73 Å². The van der Waals surface area contributed by atoms with Crippen molar-refractivity contribution in [2.75, 3.05) is 18.5 Å². The highest BCUT2D eigenvalue weighted by atomic mass is 32.2. The van der Waals surface area contributed by atoms with Gasteiger partial charge < -0.3 is 15.5 Å². The van der Waals surface area contributed by atoms with Crippen molar-refractivity contribution in [3.63, 3.8) is 0 Å². The highest BCUT2D eigenvalue weighted by Gasteiger charge is 2.22. The van der Waals surface area contributed by atoms with Gasteiger partial charge in [-0.05, 0) is 18.2 Å². The third-order valence-electron chi connectivity index (χ3n) is 3.01. The first-order valence-corrected chi connectivity index (χ1v) is 7.43. The molecule has 3 N–H and O–H groups in total. The number of benzene rings is 1. The Labute approximate surface area is 118 Å². The standard InChI is InChI=1S/C13H17N3O3S/c1-16(11-4-3-5-12(7-11)19-2)20(17,18)13-6-10(8-14)15-9-13/h3-7,9,15H,8,14H2,1-2H3. The predicted octanol–water partition coefficient (Wildman–Crippen LogP) is 1.31. The molecule has 108 valence electrons. The van der Waals surface area contributed by atoms with E-state index in [4.69, 9.17) is 10.5 Å². The summed E-state index contributed by atoms with van der Waals surface area (Å²) in [5.41, 5.74) is 6.67. The molecule has 7 heteroatoms. The summed E-state index contributed by atoms with van der Waals surface area (Å²) in [6, 6.07) is 8.39. The Kier molecular flexibility index (Phi) is 4.01. The van der Waals surface area contributed by atoms with Gasteiger partial charge in [0.05, 0.1) is 12.8 Å². The van der Waals surface area contributed by atoms with Crippen LogP contribution in [0, 0.1) is 0 Å². The zero-order valence-electron chi connectivity index (χ0n) is 11.3. The first kappa shape index (κ1) is 14.4. The van der Waals surface area contributed by atoms with Crippen LogP contribution in [0.4, 0.5) is 5.69 Å². The molecule has 2 rings (SSSR count). The number of hydrogen-bond donors (Lipinski definition) is 2. The monoisotopic (exact) mass is 295 g/mol. The van der Waals surface area contributed by atoms with E-state index in [-0.39, 0.29) is 11.4 Å². The zero-order valence-corrected chi connectivity index (χ0v) is 12.1. The van der Waals surface area contributed by atoms with Gasteiger partial charge in [0, 0.05) is 31.5 Å². The lowest BCUT2D eigenvalue weighted by molar-refractivity contribution is 0.415. The number of sulfonamides is 1. The maximum atomic E-state index is 12.5. The molecule has 0 aliphatic rings. The summed E-state index contributed by atoms with van der Waals surface area (Å²) in [6.45, 7) is 0.262. The molecule has 1 aromatic carbocycles. The molecule has 1 heterocycles. The SMILES string of the molecule is COc1cccc(N(C)S(=O)(=O)c2c[nH]c(CN)c2)c1. The van der Waals surface area contributed by atoms with E-state index in [9.17, 15) is 8.42 Å². The van der Waals surface area contributed by atoms with Crippen LogP contribution in [-0.4, -0.2) is 27.6 Å². The molecule has 0 radical (unpaired) electrons. The van der Waals surface area contributed by atoms with Crippen LogP contribution in [0.3, 0.4) is 0 Å². The molecule has 0 bridgehead atoms. The van der Waals surface area contributed by atoms with Crippen molar-refractivity contribution < 1.29 is 13.2 Å². The van der Waals surface area contributed by atoms with E-state index < -0.39 is 10.0 Å². The molecule has 0 amide bonds. The van der Waals surface area contributed by atoms with E-state index in [1.807, 2.05) is 0 Å². The third-order valence-corrected chi connectivity index (χ3v) is 4.77.